The zero-order chi connectivity index (χ0) is 13.7. The van der Waals surface area contributed by atoms with E-state index in [1.807, 2.05) is 0 Å². The van der Waals surface area contributed by atoms with Crippen LogP contribution < -0.4 is 5.48 Å². The molecule has 0 heterocycles. The van der Waals surface area contributed by atoms with Gasteiger partial charge in [0, 0.05) is 5.56 Å². The van der Waals surface area contributed by atoms with Crippen LogP contribution >= 0.6 is 0 Å². The Morgan fingerprint density at radius 2 is 1.72 bits per heavy atom. The predicted molar refractivity (Wildman–Crippen MR) is 58.6 cm³/mol. The Labute approximate surface area is 102 Å². The molecule has 0 aliphatic heterocycles. The van der Waals surface area contributed by atoms with Crippen LogP contribution in [0.3, 0.4) is 0 Å². The maximum atomic E-state index is 11.5. The lowest BCUT2D eigenvalue weighted by atomic mass is 10.1. The van der Waals surface area contributed by atoms with Crippen molar-refractivity contribution < 1.29 is 29.4 Å². The topological polar surface area (TPSA) is 113 Å². The number of amides is 1. The maximum Gasteiger partial charge on any atom is 0.338 e. The highest BCUT2D eigenvalue weighted by Gasteiger charge is 2.16. The molecule has 1 aromatic carbocycles. The average Bonchev–Trinajstić information content (AvgIpc) is 2.37. The number of carboxylic acids is 1. The highest BCUT2D eigenvalue weighted by molar-refractivity contribution is 6.01. The number of esters is 1. The van der Waals surface area contributed by atoms with Gasteiger partial charge in [0.05, 0.1) is 17.7 Å². The van der Waals surface area contributed by atoms with E-state index in [2.05, 4.69) is 0 Å². The van der Waals surface area contributed by atoms with Crippen molar-refractivity contribution >= 4 is 17.8 Å². The number of carboxylic acid groups (broad SMARTS) is 1. The number of rotatable bonds is 4. The number of hydrogen-bond donors (Lipinski definition) is 3. The molecular weight excluding hydrogens is 242 g/mol. The lowest BCUT2D eigenvalue weighted by Gasteiger charge is -2.06. The minimum atomic E-state index is -1.30. The van der Waals surface area contributed by atoms with E-state index in [1.165, 1.54) is 5.48 Å². The van der Waals surface area contributed by atoms with Crippen LogP contribution in [-0.4, -0.2) is 34.8 Å². The van der Waals surface area contributed by atoms with Gasteiger partial charge >= 0.3 is 11.9 Å². The van der Waals surface area contributed by atoms with Crippen molar-refractivity contribution in [3.05, 3.63) is 34.9 Å². The molecule has 0 fully saturated rings. The number of carbonyl (C=O) groups excluding carboxylic acids is 2. The second-order valence-corrected chi connectivity index (χ2v) is 3.27. The first-order valence-electron chi connectivity index (χ1n) is 4.99. The highest BCUT2D eigenvalue weighted by Crippen LogP contribution is 2.12. The summed E-state index contributed by atoms with van der Waals surface area (Å²) in [7, 11) is 0. The van der Waals surface area contributed by atoms with E-state index in [0.29, 0.717) is 0 Å². The largest absolute Gasteiger partial charge is 0.478 e. The normalized spacial score (nSPS) is 9.67. The van der Waals surface area contributed by atoms with Gasteiger partial charge in [0.15, 0.2) is 0 Å². The summed E-state index contributed by atoms with van der Waals surface area (Å²) < 4.78 is 4.70. The second-order valence-electron chi connectivity index (χ2n) is 3.27. The fourth-order valence-corrected chi connectivity index (χ4v) is 1.28. The number of hydroxylamine groups is 1. The molecule has 0 bridgehead atoms. The van der Waals surface area contributed by atoms with Gasteiger partial charge in [0.25, 0.3) is 5.91 Å². The average molecular weight is 253 g/mol. The van der Waals surface area contributed by atoms with Gasteiger partial charge in [0.1, 0.15) is 0 Å². The Kier molecular flexibility index (Phi) is 4.39. The zero-order valence-corrected chi connectivity index (χ0v) is 9.47. The number of benzene rings is 1. The molecule has 0 saturated heterocycles. The van der Waals surface area contributed by atoms with E-state index in [9.17, 15) is 14.4 Å². The monoisotopic (exact) mass is 253 g/mol. The molecule has 18 heavy (non-hydrogen) atoms. The first-order chi connectivity index (χ1) is 8.49. The van der Waals surface area contributed by atoms with Crippen molar-refractivity contribution in [3.8, 4) is 0 Å². The van der Waals surface area contributed by atoms with Crippen LogP contribution in [0.2, 0.25) is 0 Å². The molecule has 0 aromatic heterocycles. The third kappa shape index (κ3) is 3.05. The van der Waals surface area contributed by atoms with Gasteiger partial charge in [-0.2, -0.15) is 0 Å². The summed E-state index contributed by atoms with van der Waals surface area (Å²) in [5.41, 5.74) is 0.885. The molecule has 7 heteroatoms. The summed E-state index contributed by atoms with van der Waals surface area (Å²) in [4.78, 5) is 33.5. The number of aromatic carboxylic acids is 1. The van der Waals surface area contributed by atoms with Crippen molar-refractivity contribution in [1.82, 2.24) is 5.48 Å². The number of ether oxygens (including phenoxy) is 1. The van der Waals surface area contributed by atoms with Gasteiger partial charge in [-0.15, -0.1) is 0 Å². The third-order valence-electron chi connectivity index (χ3n) is 2.05. The minimum Gasteiger partial charge on any atom is -0.478 e. The second kappa shape index (κ2) is 5.78. The Balaban J connectivity index is 3.26. The van der Waals surface area contributed by atoms with E-state index < -0.39 is 17.8 Å². The Hall–Kier alpha value is -2.41. The van der Waals surface area contributed by atoms with Crippen molar-refractivity contribution in [2.45, 2.75) is 6.92 Å². The zero-order valence-electron chi connectivity index (χ0n) is 9.47. The van der Waals surface area contributed by atoms with Crippen LogP contribution in [0, 0.1) is 0 Å². The molecule has 1 rings (SSSR count). The lowest BCUT2D eigenvalue weighted by Crippen LogP contribution is -2.20. The van der Waals surface area contributed by atoms with Crippen LogP contribution in [0.1, 0.15) is 38.0 Å². The van der Waals surface area contributed by atoms with Gasteiger partial charge in [0.2, 0.25) is 0 Å². The van der Waals surface area contributed by atoms with Gasteiger partial charge < -0.3 is 9.84 Å². The van der Waals surface area contributed by atoms with Crippen molar-refractivity contribution in [1.29, 1.82) is 0 Å². The number of nitrogens with one attached hydrogen (secondary N) is 1. The van der Waals surface area contributed by atoms with Crippen LogP contribution in [0.5, 0.6) is 0 Å². The van der Waals surface area contributed by atoms with Gasteiger partial charge in [-0.25, -0.2) is 15.1 Å². The summed E-state index contributed by atoms with van der Waals surface area (Å²) >= 11 is 0. The first kappa shape index (κ1) is 13.7. The number of carbonyl (C=O) groups is 3. The molecule has 3 N–H and O–H groups in total. The van der Waals surface area contributed by atoms with E-state index in [1.54, 1.807) is 6.92 Å². The van der Waals surface area contributed by atoms with Crippen molar-refractivity contribution in [3.63, 3.8) is 0 Å². The quantitative estimate of drug-likeness (QED) is 0.413. The molecule has 0 spiro atoms. The van der Waals surface area contributed by atoms with Crippen LogP contribution in [-0.2, 0) is 4.74 Å². The standard InChI is InChI=1S/C11H11NO6/c1-2-18-11(16)8-4-6(9(13)12-17)3-7(5-8)10(14)15/h3-5,17H,2H2,1H3,(H,12,13)(H,14,15). The smallest absolute Gasteiger partial charge is 0.338 e. The fourth-order valence-electron chi connectivity index (χ4n) is 1.28. The maximum absolute atomic E-state index is 11.5. The van der Waals surface area contributed by atoms with Gasteiger partial charge in [-0.1, -0.05) is 0 Å². The Morgan fingerprint density at radius 3 is 2.22 bits per heavy atom. The lowest BCUT2D eigenvalue weighted by molar-refractivity contribution is 0.0526. The molecule has 0 aliphatic carbocycles. The van der Waals surface area contributed by atoms with Crippen LogP contribution in [0.15, 0.2) is 18.2 Å². The molecule has 1 amide bonds. The molecule has 7 nitrogen and oxygen atoms in total. The summed E-state index contributed by atoms with van der Waals surface area (Å²) in [6, 6.07) is 3.26. The first-order valence-corrected chi connectivity index (χ1v) is 4.99. The van der Waals surface area contributed by atoms with Crippen molar-refractivity contribution in [2.75, 3.05) is 6.61 Å². The predicted octanol–water partition coefficient (Wildman–Crippen LogP) is 0.680. The van der Waals surface area contributed by atoms with E-state index >= 15 is 0 Å². The Bertz CT molecular complexity index is 496. The molecule has 0 atom stereocenters. The molecule has 1 aromatic rings. The third-order valence-corrected chi connectivity index (χ3v) is 2.05. The van der Waals surface area contributed by atoms with Gasteiger partial charge in [-0.05, 0) is 25.1 Å². The molecule has 96 valence electrons. The SMILES string of the molecule is CCOC(=O)c1cc(C(=O)O)cc(C(=O)NO)c1. The highest BCUT2D eigenvalue weighted by atomic mass is 16.5. The Morgan fingerprint density at radius 1 is 1.17 bits per heavy atom. The van der Waals surface area contributed by atoms with Crippen LogP contribution in [0.25, 0.3) is 0 Å². The molecular formula is C11H11NO6. The fraction of sp³-hybridized carbons (Fsp3) is 0.182. The summed E-state index contributed by atoms with van der Waals surface area (Å²) in [6.07, 6.45) is 0. The summed E-state index contributed by atoms with van der Waals surface area (Å²) in [5.74, 6) is -2.95. The molecule has 0 radical (unpaired) electrons. The molecule has 0 aliphatic rings. The van der Waals surface area contributed by atoms with Gasteiger partial charge in [-0.3, -0.25) is 10.0 Å². The van der Waals surface area contributed by atoms with Crippen LogP contribution in [0.4, 0.5) is 0 Å². The number of hydrogen-bond acceptors (Lipinski definition) is 5. The van der Waals surface area contributed by atoms with E-state index in [4.69, 9.17) is 15.1 Å². The van der Waals surface area contributed by atoms with E-state index in [0.717, 1.165) is 18.2 Å². The van der Waals surface area contributed by atoms with E-state index in [-0.39, 0.29) is 23.3 Å². The summed E-state index contributed by atoms with van der Waals surface area (Å²) in [5, 5.41) is 17.3. The molecule has 0 unspecified atom stereocenters. The minimum absolute atomic E-state index is 0.0737. The summed E-state index contributed by atoms with van der Waals surface area (Å²) in [6.45, 7) is 1.72. The van der Waals surface area contributed by atoms with Crippen molar-refractivity contribution in [2.24, 2.45) is 0 Å². The molecule has 0 saturated carbocycles.